The van der Waals surface area contributed by atoms with E-state index in [1.807, 2.05) is 57.2 Å². The van der Waals surface area contributed by atoms with E-state index in [0.717, 1.165) is 28.9 Å². The third-order valence-corrected chi connectivity index (χ3v) is 3.64. The average Bonchev–Trinajstić information content (AvgIpc) is 2.56. The van der Waals surface area contributed by atoms with Gasteiger partial charge in [-0.05, 0) is 49.1 Å². The maximum atomic E-state index is 11.6. The fourth-order valence-corrected chi connectivity index (χ4v) is 2.39. The molecule has 3 heteroatoms. The second-order valence-corrected chi connectivity index (χ2v) is 5.46. The minimum Gasteiger partial charge on any atom is -0.494 e. The summed E-state index contributed by atoms with van der Waals surface area (Å²) in [7, 11) is 0. The number of hydrogen-bond donors (Lipinski definition) is 0. The zero-order chi connectivity index (χ0) is 16.7. The molecule has 0 bridgehead atoms. The zero-order valence-electron chi connectivity index (χ0n) is 14.0. The Hall–Kier alpha value is -2.29. The Morgan fingerprint density at radius 2 is 1.52 bits per heavy atom. The Bertz CT molecular complexity index is 614. The van der Waals surface area contributed by atoms with Gasteiger partial charge in [0.05, 0.1) is 6.61 Å². The van der Waals surface area contributed by atoms with Crippen molar-refractivity contribution in [2.75, 3.05) is 6.61 Å². The lowest BCUT2D eigenvalue weighted by Gasteiger charge is -2.14. The number of carbonyl (C=O) groups is 1. The van der Waals surface area contributed by atoms with Crippen LogP contribution in [0.5, 0.6) is 5.75 Å². The number of ether oxygens (including phenoxy) is 2. The van der Waals surface area contributed by atoms with Crippen molar-refractivity contribution in [2.24, 2.45) is 0 Å². The number of benzene rings is 2. The molecule has 1 unspecified atom stereocenters. The first-order valence-electron chi connectivity index (χ1n) is 8.16. The SMILES string of the molecule is CCCC(=O)OC(C)c1ccc(-c2ccc(OCC)cc2)cc1. The highest BCUT2D eigenvalue weighted by Gasteiger charge is 2.11. The summed E-state index contributed by atoms with van der Waals surface area (Å²) in [5, 5.41) is 0. The topological polar surface area (TPSA) is 35.5 Å². The molecule has 0 heterocycles. The maximum absolute atomic E-state index is 11.6. The molecule has 23 heavy (non-hydrogen) atoms. The molecule has 0 aliphatic carbocycles. The summed E-state index contributed by atoms with van der Waals surface area (Å²) < 4.78 is 10.9. The van der Waals surface area contributed by atoms with Gasteiger partial charge in [-0.25, -0.2) is 0 Å². The number of esters is 1. The van der Waals surface area contributed by atoms with Gasteiger partial charge in [0.2, 0.25) is 0 Å². The molecule has 0 N–H and O–H groups in total. The molecule has 122 valence electrons. The van der Waals surface area contributed by atoms with Crippen LogP contribution in [0, 0.1) is 0 Å². The van der Waals surface area contributed by atoms with Crippen molar-refractivity contribution >= 4 is 5.97 Å². The quantitative estimate of drug-likeness (QED) is 0.663. The van der Waals surface area contributed by atoms with E-state index in [4.69, 9.17) is 9.47 Å². The van der Waals surface area contributed by atoms with Gasteiger partial charge >= 0.3 is 5.97 Å². The van der Waals surface area contributed by atoms with E-state index in [2.05, 4.69) is 12.1 Å². The average molecular weight is 312 g/mol. The Balaban J connectivity index is 2.05. The summed E-state index contributed by atoms with van der Waals surface area (Å²) >= 11 is 0. The van der Waals surface area contributed by atoms with Crippen molar-refractivity contribution in [1.29, 1.82) is 0 Å². The van der Waals surface area contributed by atoms with Crippen LogP contribution in [0.1, 0.15) is 45.3 Å². The van der Waals surface area contributed by atoms with Crippen LogP contribution < -0.4 is 4.74 Å². The van der Waals surface area contributed by atoms with E-state index < -0.39 is 0 Å². The Labute approximate surface area is 138 Å². The second kappa shape index (κ2) is 8.37. The number of carbonyl (C=O) groups excluding carboxylic acids is 1. The van der Waals surface area contributed by atoms with Crippen LogP contribution in [0.3, 0.4) is 0 Å². The molecule has 0 aliphatic heterocycles. The largest absolute Gasteiger partial charge is 0.494 e. The standard InChI is InChI=1S/C20H24O3/c1-4-6-20(21)23-15(3)16-7-9-17(10-8-16)18-11-13-19(14-12-18)22-5-2/h7-15H,4-6H2,1-3H3. The first-order chi connectivity index (χ1) is 11.1. The first-order valence-corrected chi connectivity index (χ1v) is 8.16. The lowest BCUT2D eigenvalue weighted by Crippen LogP contribution is -2.08. The normalized spacial score (nSPS) is 11.8. The zero-order valence-corrected chi connectivity index (χ0v) is 14.0. The van der Waals surface area contributed by atoms with Crippen molar-refractivity contribution in [1.82, 2.24) is 0 Å². The minimum atomic E-state index is -0.219. The lowest BCUT2D eigenvalue weighted by atomic mass is 10.0. The van der Waals surface area contributed by atoms with E-state index in [1.165, 1.54) is 0 Å². The van der Waals surface area contributed by atoms with Gasteiger partial charge in [0, 0.05) is 6.42 Å². The molecule has 1 atom stereocenters. The molecular weight excluding hydrogens is 288 g/mol. The molecule has 2 aromatic rings. The highest BCUT2D eigenvalue weighted by Crippen LogP contribution is 2.25. The molecular formula is C20H24O3. The Kier molecular flexibility index (Phi) is 6.21. The molecule has 2 rings (SSSR count). The monoisotopic (exact) mass is 312 g/mol. The van der Waals surface area contributed by atoms with Crippen molar-refractivity contribution in [3.63, 3.8) is 0 Å². The van der Waals surface area contributed by atoms with Crippen LogP contribution in [0.2, 0.25) is 0 Å². The lowest BCUT2D eigenvalue weighted by molar-refractivity contribution is -0.148. The number of hydrogen-bond acceptors (Lipinski definition) is 3. The highest BCUT2D eigenvalue weighted by atomic mass is 16.5. The summed E-state index contributed by atoms with van der Waals surface area (Å²) in [4.78, 5) is 11.6. The molecule has 0 aliphatic rings. The summed E-state index contributed by atoms with van der Waals surface area (Å²) in [6.07, 6.45) is 1.06. The van der Waals surface area contributed by atoms with Crippen molar-refractivity contribution in [3.05, 3.63) is 54.1 Å². The Morgan fingerprint density at radius 1 is 0.957 bits per heavy atom. The van der Waals surface area contributed by atoms with Gasteiger partial charge in [0.15, 0.2) is 0 Å². The van der Waals surface area contributed by atoms with Crippen molar-refractivity contribution < 1.29 is 14.3 Å². The summed E-state index contributed by atoms with van der Waals surface area (Å²) in [5.41, 5.74) is 3.27. The summed E-state index contributed by atoms with van der Waals surface area (Å²) in [6.45, 7) is 6.51. The molecule has 0 aromatic heterocycles. The molecule has 3 nitrogen and oxygen atoms in total. The first kappa shape index (κ1) is 17.1. The third-order valence-electron chi connectivity index (χ3n) is 3.64. The number of rotatable bonds is 7. The Morgan fingerprint density at radius 3 is 2.04 bits per heavy atom. The van der Waals surface area contributed by atoms with Crippen LogP contribution in [-0.2, 0) is 9.53 Å². The fourth-order valence-electron chi connectivity index (χ4n) is 2.39. The van der Waals surface area contributed by atoms with E-state index >= 15 is 0 Å². The van der Waals surface area contributed by atoms with Gasteiger partial charge in [0.1, 0.15) is 11.9 Å². The smallest absolute Gasteiger partial charge is 0.306 e. The van der Waals surface area contributed by atoms with Gasteiger partial charge in [-0.1, -0.05) is 43.3 Å². The van der Waals surface area contributed by atoms with Crippen molar-refractivity contribution in [2.45, 2.75) is 39.7 Å². The summed E-state index contributed by atoms with van der Waals surface area (Å²) in [5.74, 6) is 0.736. The minimum absolute atomic E-state index is 0.143. The van der Waals surface area contributed by atoms with E-state index in [0.29, 0.717) is 13.0 Å². The molecule has 0 amide bonds. The predicted molar refractivity (Wildman–Crippen MR) is 92.5 cm³/mol. The van der Waals surface area contributed by atoms with Crippen LogP contribution in [-0.4, -0.2) is 12.6 Å². The van der Waals surface area contributed by atoms with E-state index in [-0.39, 0.29) is 12.1 Å². The summed E-state index contributed by atoms with van der Waals surface area (Å²) in [6, 6.07) is 16.2. The molecule has 0 saturated heterocycles. The van der Waals surface area contributed by atoms with Gasteiger partial charge in [-0.3, -0.25) is 4.79 Å². The third kappa shape index (κ3) is 4.85. The maximum Gasteiger partial charge on any atom is 0.306 e. The fraction of sp³-hybridized carbons (Fsp3) is 0.350. The van der Waals surface area contributed by atoms with Gasteiger partial charge in [-0.15, -0.1) is 0 Å². The van der Waals surface area contributed by atoms with Crippen LogP contribution in [0.25, 0.3) is 11.1 Å². The van der Waals surface area contributed by atoms with Crippen LogP contribution in [0.4, 0.5) is 0 Å². The molecule has 0 fully saturated rings. The molecule has 0 saturated carbocycles. The van der Waals surface area contributed by atoms with Crippen LogP contribution >= 0.6 is 0 Å². The molecule has 0 radical (unpaired) electrons. The molecule has 0 spiro atoms. The molecule has 2 aromatic carbocycles. The van der Waals surface area contributed by atoms with E-state index in [1.54, 1.807) is 0 Å². The van der Waals surface area contributed by atoms with Crippen LogP contribution in [0.15, 0.2) is 48.5 Å². The van der Waals surface area contributed by atoms with Crippen molar-refractivity contribution in [3.8, 4) is 16.9 Å². The highest BCUT2D eigenvalue weighted by molar-refractivity contribution is 5.69. The van der Waals surface area contributed by atoms with Gasteiger partial charge in [0.25, 0.3) is 0 Å². The van der Waals surface area contributed by atoms with E-state index in [9.17, 15) is 4.79 Å². The second-order valence-electron chi connectivity index (χ2n) is 5.46. The van der Waals surface area contributed by atoms with Gasteiger partial charge < -0.3 is 9.47 Å². The predicted octanol–water partition coefficient (Wildman–Crippen LogP) is 5.16. The van der Waals surface area contributed by atoms with Gasteiger partial charge in [-0.2, -0.15) is 0 Å².